The van der Waals surface area contributed by atoms with Gasteiger partial charge >= 0.3 is 0 Å². The predicted octanol–water partition coefficient (Wildman–Crippen LogP) is 3.82. The Bertz CT molecular complexity index is 388. The van der Waals surface area contributed by atoms with E-state index in [2.05, 4.69) is 12.2 Å². The van der Waals surface area contributed by atoms with Crippen molar-refractivity contribution in [2.75, 3.05) is 6.61 Å². The Labute approximate surface area is 109 Å². The van der Waals surface area contributed by atoms with Crippen molar-refractivity contribution in [2.24, 2.45) is 0 Å². The van der Waals surface area contributed by atoms with Gasteiger partial charge in [-0.15, -0.1) is 0 Å². The predicted molar refractivity (Wildman–Crippen MR) is 71.4 cm³/mol. The molecule has 1 aliphatic carbocycles. The molecule has 0 aromatic heterocycles. The molecule has 1 fully saturated rings. The molecule has 2 nitrogen and oxygen atoms in total. The molecule has 0 aliphatic heterocycles. The first-order valence-corrected chi connectivity index (χ1v) is 6.89. The third-order valence-electron chi connectivity index (χ3n) is 3.60. The summed E-state index contributed by atoms with van der Waals surface area (Å²) in [4.78, 5) is 0. The average Bonchev–Trinajstić information content (AvgIpc) is 2.84. The summed E-state index contributed by atoms with van der Waals surface area (Å²) in [7, 11) is 0. The fourth-order valence-corrected chi connectivity index (χ4v) is 2.60. The van der Waals surface area contributed by atoms with Gasteiger partial charge in [0.25, 0.3) is 0 Å². The smallest absolute Gasteiger partial charge is 0.165 e. The number of nitrogens with one attached hydrogen (secondary N) is 1. The number of halogens is 1. The van der Waals surface area contributed by atoms with Gasteiger partial charge in [-0.3, -0.25) is 0 Å². The zero-order valence-corrected chi connectivity index (χ0v) is 11.2. The summed E-state index contributed by atoms with van der Waals surface area (Å²) in [5.41, 5.74) is 0.989. The highest BCUT2D eigenvalue weighted by molar-refractivity contribution is 5.31. The maximum Gasteiger partial charge on any atom is 0.165 e. The van der Waals surface area contributed by atoms with E-state index in [1.165, 1.54) is 25.7 Å². The van der Waals surface area contributed by atoms with Crippen LogP contribution < -0.4 is 10.1 Å². The zero-order chi connectivity index (χ0) is 13.0. The zero-order valence-electron chi connectivity index (χ0n) is 11.2. The van der Waals surface area contributed by atoms with Crippen molar-refractivity contribution in [3.8, 4) is 5.75 Å². The topological polar surface area (TPSA) is 21.3 Å². The van der Waals surface area contributed by atoms with Crippen LogP contribution in [0.15, 0.2) is 18.2 Å². The number of ether oxygens (including phenoxy) is 1. The molecule has 2 rings (SSSR count). The molecular weight excluding hydrogens is 229 g/mol. The minimum Gasteiger partial charge on any atom is -0.491 e. The Morgan fingerprint density at radius 2 is 2.11 bits per heavy atom. The summed E-state index contributed by atoms with van der Waals surface area (Å²) in [6, 6.07) is 6.03. The van der Waals surface area contributed by atoms with Crippen molar-refractivity contribution < 1.29 is 9.13 Å². The highest BCUT2D eigenvalue weighted by Crippen LogP contribution is 2.25. The van der Waals surface area contributed by atoms with Crippen LogP contribution in [-0.4, -0.2) is 12.6 Å². The van der Waals surface area contributed by atoms with Crippen LogP contribution in [0.5, 0.6) is 5.75 Å². The van der Waals surface area contributed by atoms with E-state index in [0.29, 0.717) is 18.4 Å². The third-order valence-corrected chi connectivity index (χ3v) is 3.60. The van der Waals surface area contributed by atoms with Crippen LogP contribution >= 0.6 is 0 Å². The van der Waals surface area contributed by atoms with Crippen molar-refractivity contribution in [2.45, 2.75) is 51.6 Å². The van der Waals surface area contributed by atoms with Gasteiger partial charge in [-0.25, -0.2) is 4.39 Å². The molecule has 3 heteroatoms. The van der Waals surface area contributed by atoms with Crippen LogP contribution in [-0.2, 0) is 0 Å². The minimum atomic E-state index is -0.269. The number of rotatable bonds is 5. The molecule has 1 N–H and O–H groups in total. The first kappa shape index (κ1) is 13.3. The SMILES string of the molecule is CCOc1ccc([C@H](C)NC2CCCC2)cc1F. The largest absolute Gasteiger partial charge is 0.491 e. The molecule has 1 atom stereocenters. The Morgan fingerprint density at radius 1 is 1.39 bits per heavy atom. The molecule has 0 heterocycles. The molecule has 0 spiro atoms. The second-order valence-electron chi connectivity index (χ2n) is 4.99. The van der Waals surface area contributed by atoms with Crippen LogP contribution in [0.3, 0.4) is 0 Å². The number of hydrogen-bond donors (Lipinski definition) is 1. The number of hydrogen-bond acceptors (Lipinski definition) is 2. The Kier molecular flexibility index (Phi) is 4.59. The first-order valence-electron chi connectivity index (χ1n) is 6.89. The van der Waals surface area contributed by atoms with Gasteiger partial charge in [0.2, 0.25) is 0 Å². The summed E-state index contributed by atoms with van der Waals surface area (Å²) in [5.74, 6) is 0.0729. The van der Waals surface area contributed by atoms with E-state index in [4.69, 9.17) is 4.74 Å². The molecular formula is C15H22FNO. The van der Waals surface area contributed by atoms with E-state index in [-0.39, 0.29) is 11.9 Å². The highest BCUT2D eigenvalue weighted by atomic mass is 19.1. The van der Waals surface area contributed by atoms with Gasteiger partial charge in [-0.1, -0.05) is 18.9 Å². The van der Waals surface area contributed by atoms with Gasteiger partial charge in [0.05, 0.1) is 6.61 Å². The lowest BCUT2D eigenvalue weighted by molar-refractivity contribution is 0.321. The van der Waals surface area contributed by atoms with Crippen LogP contribution in [0, 0.1) is 5.82 Å². The molecule has 0 amide bonds. The van der Waals surface area contributed by atoms with E-state index in [1.807, 2.05) is 13.0 Å². The van der Waals surface area contributed by atoms with Crippen LogP contribution in [0.25, 0.3) is 0 Å². The fraction of sp³-hybridized carbons (Fsp3) is 0.600. The van der Waals surface area contributed by atoms with E-state index in [1.54, 1.807) is 12.1 Å². The molecule has 18 heavy (non-hydrogen) atoms. The van der Waals surface area contributed by atoms with Crippen LogP contribution in [0.2, 0.25) is 0 Å². The van der Waals surface area contributed by atoms with E-state index in [0.717, 1.165) is 5.56 Å². The summed E-state index contributed by atoms with van der Waals surface area (Å²) >= 11 is 0. The van der Waals surface area contributed by atoms with Crippen molar-refractivity contribution in [3.63, 3.8) is 0 Å². The lowest BCUT2D eigenvalue weighted by Gasteiger charge is -2.20. The fourth-order valence-electron chi connectivity index (χ4n) is 2.60. The van der Waals surface area contributed by atoms with Crippen LogP contribution in [0.4, 0.5) is 4.39 Å². The normalized spacial score (nSPS) is 17.9. The molecule has 1 aliphatic rings. The lowest BCUT2D eigenvalue weighted by atomic mass is 10.1. The lowest BCUT2D eigenvalue weighted by Crippen LogP contribution is -2.28. The van der Waals surface area contributed by atoms with E-state index < -0.39 is 0 Å². The maximum atomic E-state index is 13.8. The molecule has 100 valence electrons. The van der Waals surface area contributed by atoms with Gasteiger partial charge in [0.15, 0.2) is 11.6 Å². The quantitative estimate of drug-likeness (QED) is 0.859. The molecule has 1 aromatic carbocycles. The standard InChI is InChI=1S/C15H22FNO/c1-3-18-15-9-8-12(10-14(15)16)11(2)17-13-6-4-5-7-13/h8-11,13,17H,3-7H2,1-2H3/t11-/m0/s1. The molecule has 0 unspecified atom stereocenters. The van der Waals surface area contributed by atoms with E-state index >= 15 is 0 Å². The molecule has 1 saturated carbocycles. The Balaban J connectivity index is 2.01. The van der Waals surface area contributed by atoms with Gasteiger partial charge in [0.1, 0.15) is 0 Å². The van der Waals surface area contributed by atoms with Gasteiger partial charge in [-0.05, 0) is 44.4 Å². The van der Waals surface area contributed by atoms with Crippen molar-refractivity contribution in [1.29, 1.82) is 0 Å². The van der Waals surface area contributed by atoms with Crippen molar-refractivity contribution in [3.05, 3.63) is 29.6 Å². The van der Waals surface area contributed by atoms with Crippen molar-refractivity contribution in [1.82, 2.24) is 5.32 Å². The Hall–Kier alpha value is -1.09. The maximum absolute atomic E-state index is 13.8. The number of benzene rings is 1. The summed E-state index contributed by atoms with van der Waals surface area (Å²) in [6.45, 7) is 4.44. The summed E-state index contributed by atoms with van der Waals surface area (Å²) in [6.07, 6.45) is 5.09. The second kappa shape index (κ2) is 6.19. The molecule has 1 aromatic rings. The van der Waals surface area contributed by atoms with Gasteiger partial charge in [-0.2, -0.15) is 0 Å². The van der Waals surface area contributed by atoms with Gasteiger partial charge in [0, 0.05) is 12.1 Å². The minimum absolute atomic E-state index is 0.193. The van der Waals surface area contributed by atoms with Crippen LogP contribution in [0.1, 0.15) is 51.1 Å². The van der Waals surface area contributed by atoms with E-state index in [9.17, 15) is 4.39 Å². The second-order valence-corrected chi connectivity index (χ2v) is 4.99. The van der Waals surface area contributed by atoms with Crippen molar-refractivity contribution >= 4 is 0 Å². The Morgan fingerprint density at radius 3 is 2.72 bits per heavy atom. The molecule has 0 bridgehead atoms. The highest BCUT2D eigenvalue weighted by Gasteiger charge is 2.18. The average molecular weight is 251 g/mol. The monoisotopic (exact) mass is 251 g/mol. The summed E-state index contributed by atoms with van der Waals surface area (Å²) < 4.78 is 19.0. The molecule has 0 radical (unpaired) electrons. The molecule has 0 saturated heterocycles. The van der Waals surface area contributed by atoms with Gasteiger partial charge < -0.3 is 10.1 Å². The third kappa shape index (κ3) is 3.22. The summed E-state index contributed by atoms with van der Waals surface area (Å²) in [5, 5.41) is 3.57. The first-order chi connectivity index (χ1) is 8.70.